The average molecular weight is 213 g/mol. The first-order chi connectivity index (χ1) is 6.47. The Morgan fingerprint density at radius 2 is 2.00 bits per heavy atom. The van der Waals surface area contributed by atoms with Gasteiger partial charge in [-0.1, -0.05) is 38.4 Å². The van der Waals surface area contributed by atoms with E-state index < -0.39 is 0 Å². The van der Waals surface area contributed by atoms with Crippen LogP contribution in [0.2, 0.25) is 5.02 Å². The smallest absolute Gasteiger partial charge is 0.120 e. The van der Waals surface area contributed by atoms with Crippen LogP contribution in [0.3, 0.4) is 0 Å². The van der Waals surface area contributed by atoms with Crippen molar-refractivity contribution < 1.29 is 4.74 Å². The van der Waals surface area contributed by atoms with Crippen molar-refractivity contribution in [2.45, 2.75) is 27.2 Å². The molecule has 0 aliphatic rings. The van der Waals surface area contributed by atoms with E-state index in [4.69, 9.17) is 16.3 Å². The first-order valence-corrected chi connectivity index (χ1v) is 5.23. The number of benzene rings is 1. The summed E-state index contributed by atoms with van der Waals surface area (Å²) >= 11 is 5.83. The zero-order valence-electron chi connectivity index (χ0n) is 9.01. The van der Waals surface area contributed by atoms with E-state index in [1.54, 1.807) is 0 Å². The molecule has 78 valence electrons. The van der Waals surface area contributed by atoms with E-state index in [1.165, 1.54) is 0 Å². The summed E-state index contributed by atoms with van der Waals surface area (Å²) in [6, 6.07) is 7.51. The van der Waals surface area contributed by atoms with Crippen molar-refractivity contribution in [2.24, 2.45) is 5.41 Å². The quantitative estimate of drug-likeness (QED) is 0.731. The van der Waals surface area contributed by atoms with E-state index in [0.717, 1.165) is 23.8 Å². The topological polar surface area (TPSA) is 9.23 Å². The maximum atomic E-state index is 5.83. The van der Waals surface area contributed by atoms with Gasteiger partial charge in [0.25, 0.3) is 0 Å². The standard InChI is InChI=1S/C12H17ClO/c1-12(2,3)7-8-14-11-6-4-5-10(13)9-11/h4-6,9H,7-8H2,1-3H3. The first kappa shape index (κ1) is 11.4. The van der Waals surface area contributed by atoms with Crippen molar-refractivity contribution in [1.82, 2.24) is 0 Å². The second kappa shape index (κ2) is 4.70. The van der Waals surface area contributed by atoms with E-state index in [0.29, 0.717) is 5.41 Å². The van der Waals surface area contributed by atoms with Gasteiger partial charge >= 0.3 is 0 Å². The van der Waals surface area contributed by atoms with E-state index in [9.17, 15) is 0 Å². The monoisotopic (exact) mass is 212 g/mol. The molecule has 0 unspecified atom stereocenters. The van der Waals surface area contributed by atoms with Crippen LogP contribution in [0.5, 0.6) is 5.75 Å². The average Bonchev–Trinajstić information content (AvgIpc) is 2.01. The van der Waals surface area contributed by atoms with Gasteiger partial charge in [-0.05, 0) is 30.0 Å². The van der Waals surface area contributed by atoms with Crippen LogP contribution in [0.4, 0.5) is 0 Å². The lowest BCUT2D eigenvalue weighted by Gasteiger charge is -2.18. The van der Waals surface area contributed by atoms with Gasteiger partial charge in [0.05, 0.1) is 6.61 Å². The lowest BCUT2D eigenvalue weighted by atomic mass is 9.93. The molecule has 0 N–H and O–H groups in total. The van der Waals surface area contributed by atoms with Gasteiger partial charge < -0.3 is 4.74 Å². The minimum Gasteiger partial charge on any atom is -0.494 e. The summed E-state index contributed by atoms with van der Waals surface area (Å²) in [7, 11) is 0. The third kappa shape index (κ3) is 4.52. The Kier molecular flexibility index (Phi) is 3.82. The molecule has 1 aromatic rings. The maximum absolute atomic E-state index is 5.83. The van der Waals surface area contributed by atoms with Crippen molar-refractivity contribution >= 4 is 11.6 Å². The SMILES string of the molecule is CC(C)(C)CCOc1cccc(Cl)c1. The Morgan fingerprint density at radius 3 is 2.57 bits per heavy atom. The van der Waals surface area contributed by atoms with Gasteiger partial charge in [0.1, 0.15) is 5.75 Å². The molecule has 0 aromatic heterocycles. The molecule has 0 saturated carbocycles. The van der Waals surface area contributed by atoms with Crippen LogP contribution in [0.1, 0.15) is 27.2 Å². The highest BCUT2D eigenvalue weighted by atomic mass is 35.5. The summed E-state index contributed by atoms with van der Waals surface area (Å²) in [5, 5.41) is 0.721. The van der Waals surface area contributed by atoms with Crippen LogP contribution in [0.25, 0.3) is 0 Å². The Hall–Kier alpha value is -0.690. The Bertz CT molecular complexity index is 289. The molecule has 0 atom stereocenters. The third-order valence-electron chi connectivity index (χ3n) is 1.92. The summed E-state index contributed by atoms with van der Waals surface area (Å²) in [6.07, 6.45) is 1.04. The summed E-state index contributed by atoms with van der Waals surface area (Å²) < 4.78 is 5.58. The molecule has 0 heterocycles. The largest absolute Gasteiger partial charge is 0.494 e. The molecule has 14 heavy (non-hydrogen) atoms. The van der Waals surface area contributed by atoms with Crippen molar-refractivity contribution in [3.63, 3.8) is 0 Å². The summed E-state index contributed by atoms with van der Waals surface area (Å²) in [5.74, 6) is 0.849. The van der Waals surface area contributed by atoms with Crippen LogP contribution in [-0.2, 0) is 0 Å². The molecule has 0 fully saturated rings. The molecule has 2 heteroatoms. The highest BCUT2D eigenvalue weighted by molar-refractivity contribution is 6.30. The maximum Gasteiger partial charge on any atom is 0.120 e. The fraction of sp³-hybridized carbons (Fsp3) is 0.500. The highest BCUT2D eigenvalue weighted by Gasteiger charge is 2.09. The lowest BCUT2D eigenvalue weighted by Crippen LogP contribution is -2.10. The lowest BCUT2D eigenvalue weighted by molar-refractivity contribution is 0.243. The van der Waals surface area contributed by atoms with Gasteiger partial charge in [-0.25, -0.2) is 0 Å². The van der Waals surface area contributed by atoms with Gasteiger partial charge in [-0.2, -0.15) is 0 Å². The molecule has 0 spiro atoms. The van der Waals surface area contributed by atoms with Crippen molar-refractivity contribution in [1.29, 1.82) is 0 Å². The third-order valence-corrected chi connectivity index (χ3v) is 2.15. The number of ether oxygens (including phenoxy) is 1. The molecular formula is C12H17ClO. The molecular weight excluding hydrogens is 196 g/mol. The van der Waals surface area contributed by atoms with Gasteiger partial charge in [-0.15, -0.1) is 0 Å². The summed E-state index contributed by atoms with van der Waals surface area (Å²) in [4.78, 5) is 0. The number of rotatable bonds is 3. The molecule has 1 nitrogen and oxygen atoms in total. The number of halogens is 1. The van der Waals surface area contributed by atoms with E-state index >= 15 is 0 Å². The molecule has 0 saturated heterocycles. The molecule has 0 aliphatic heterocycles. The molecule has 0 aliphatic carbocycles. The van der Waals surface area contributed by atoms with Crippen LogP contribution in [0, 0.1) is 5.41 Å². The highest BCUT2D eigenvalue weighted by Crippen LogP contribution is 2.21. The zero-order chi connectivity index (χ0) is 10.6. The number of hydrogen-bond acceptors (Lipinski definition) is 1. The molecule has 0 bridgehead atoms. The normalized spacial score (nSPS) is 11.4. The zero-order valence-corrected chi connectivity index (χ0v) is 9.77. The second-order valence-corrected chi connectivity index (χ2v) is 5.05. The van der Waals surface area contributed by atoms with Gasteiger partial charge in [0.2, 0.25) is 0 Å². The predicted octanol–water partition coefficient (Wildman–Crippen LogP) is 4.16. The minimum absolute atomic E-state index is 0.318. The van der Waals surface area contributed by atoms with Crippen LogP contribution >= 0.6 is 11.6 Å². The van der Waals surface area contributed by atoms with Crippen molar-refractivity contribution in [3.8, 4) is 5.75 Å². The van der Waals surface area contributed by atoms with Crippen molar-refractivity contribution in [3.05, 3.63) is 29.3 Å². The Morgan fingerprint density at radius 1 is 1.29 bits per heavy atom. The predicted molar refractivity (Wildman–Crippen MR) is 61.0 cm³/mol. The Balaban J connectivity index is 2.39. The molecule has 0 amide bonds. The van der Waals surface area contributed by atoms with Crippen molar-refractivity contribution in [2.75, 3.05) is 6.61 Å². The first-order valence-electron chi connectivity index (χ1n) is 4.86. The van der Waals surface area contributed by atoms with Crippen LogP contribution in [0.15, 0.2) is 24.3 Å². The summed E-state index contributed by atoms with van der Waals surface area (Å²) in [5.41, 5.74) is 0.318. The molecule has 0 radical (unpaired) electrons. The fourth-order valence-corrected chi connectivity index (χ4v) is 1.21. The van der Waals surface area contributed by atoms with Gasteiger partial charge in [-0.3, -0.25) is 0 Å². The van der Waals surface area contributed by atoms with E-state index in [1.807, 2.05) is 24.3 Å². The molecule has 1 rings (SSSR count). The molecule has 1 aromatic carbocycles. The Labute approximate surface area is 91.0 Å². The van der Waals surface area contributed by atoms with E-state index in [2.05, 4.69) is 20.8 Å². The fourth-order valence-electron chi connectivity index (χ4n) is 1.03. The number of hydrogen-bond donors (Lipinski definition) is 0. The summed E-state index contributed by atoms with van der Waals surface area (Å²) in [6.45, 7) is 7.35. The van der Waals surface area contributed by atoms with Crippen LogP contribution < -0.4 is 4.74 Å². The second-order valence-electron chi connectivity index (χ2n) is 4.62. The van der Waals surface area contributed by atoms with Crippen LogP contribution in [-0.4, -0.2) is 6.61 Å². The van der Waals surface area contributed by atoms with E-state index in [-0.39, 0.29) is 0 Å². The minimum atomic E-state index is 0.318. The van der Waals surface area contributed by atoms with Gasteiger partial charge in [0.15, 0.2) is 0 Å². The van der Waals surface area contributed by atoms with Gasteiger partial charge in [0, 0.05) is 5.02 Å².